The second-order valence-corrected chi connectivity index (χ2v) is 4.81. The average molecular weight is 287 g/mol. The van der Waals surface area contributed by atoms with Crippen LogP contribution in [0.5, 0.6) is 0 Å². The van der Waals surface area contributed by atoms with Gasteiger partial charge in [0.1, 0.15) is 5.69 Å². The zero-order valence-electron chi connectivity index (χ0n) is 7.77. The third kappa shape index (κ3) is 1.82. The van der Waals surface area contributed by atoms with E-state index >= 15 is 0 Å². The summed E-state index contributed by atoms with van der Waals surface area (Å²) in [6.45, 7) is 0. The first-order chi connectivity index (χ1) is 7.09. The molecule has 2 aromatic rings. The van der Waals surface area contributed by atoms with Crippen LogP contribution in [0, 0.1) is 0 Å². The van der Waals surface area contributed by atoms with Gasteiger partial charge in [0.25, 0.3) is 0 Å². The minimum Gasteiger partial charge on any atom is -0.477 e. The molecule has 0 aliphatic carbocycles. The Hall–Kier alpha value is -1.14. The van der Waals surface area contributed by atoms with Crippen LogP contribution in [0.1, 0.15) is 10.5 Å². The summed E-state index contributed by atoms with van der Waals surface area (Å²) in [4.78, 5) is 16.0. The minimum absolute atomic E-state index is 0.212. The molecule has 0 unspecified atom stereocenters. The van der Waals surface area contributed by atoms with Crippen molar-refractivity contribution in [1.29, 1.82) is 0 Å². The summed E-state index contributed by atoms with van der Waals surface area (Å²) >= 11 is 4.79. The van der Waals surface area contributed by atoms with Gasteiger partial charge in [-0.3, -0.25) is 0 Å². The molecule has 0 bridgehead atoms. The van der Waals surface area contributed by atoms with E-state index in [-0.39, 0.29) is 5.69 Å². The number of rotatable bonds is 2. The topological polar surface area (TPSA) is 55.1 Å². The van der Waals surface area contributed by atoms with Crippen molar-refractivity contribution in [1.82, 2.24) is 9.55 Å². The molecule has 6 heteroatoms. The molecule has 0 saturated heterocycles. The van der Waals surface area contributed by atoms with Gasteiger partial charge < -0.3 is 9.67 Å². The van der Waals surface area contributed by atoms with Gasteiger partial charge in [0, 0.05) is 16.9 Å². The van der Waals surface area contributed by atoms with Crippen LogP contribution in [0.15, 0.2) is 22.2 Å². The second kappa shape index (κ2) is 3.79. The summed E-state index contributed by atoms with van der Waals surface area (Å²) in [6.07, 6.45) is 1.51. The van der Waals surface area contributed by atoms with Gasteiger partial charge in [-0.2, -0.15) is 0 Å². The lowest BCUT2D eigenvalue weighted by Crippen LogP contribution is -2.04. The van der Waals surface area contributed by atoms with Crippen molar-refractivity contribution in [3.8, 4) is 10.6 Å². The Labute approximate surface area is 98.3 Å². The SMILES string of the molecule is Cn1cnc(-c2cc(Br)cs2)c1C(=O)O. The van der Waals surface area contributed by atoms with Crippen molar-refractivity contribution in [3.05, 3.63) is 27.9 Å². The summed E-state index contributed by atoms with van der Waals surface area (Å²) in [7, 11) is 1.67. The van der Waals surface area contributed by atoms with Crippen molar-refractivity contribution in [2.24, 2.45) is 7.05 Å². The standard InChI is InChI=1S/C9H7BrN2O2S/c1-12-4-11-7(8(12)9(13)14)6-2-5(10)3-15-6/h2-4H,1H3,(H,13,14). The van der Waals surface area contributed by atoms with Crippen LogP contribution in [-0.4, -0.2) is 20.6 Å². The fraction of sp³-hybridized carbons (Fsp3) is 0.111. The maximum Gasteiger partial charge on any atom is 0.354 e. The predicted molar refractivity (Wildman–Crippen MR) is 61.2 cm³/mol. The largest absolute Gasteiger partial charge is 0.477 e. The maximum absolute atomic E-state index is 11.0. The Bertz CT molecular complexity index is 518. The zero-order valence-corrected chi connectivity index (χ0v) is 10.2. The molecule has 0 amide bonds. The number of hydrogen-bond donors (Lipinski definition) is 1. The number of aryl methyl sites for hydroxylation is 1. The molecule has 0 radical (unpaired) electrons. The highest BCUT2D eigenvalue weighted by Crippen LogP contribution is 2.30. The van der Waals surface area contributed by atoms with Gasteiger partial charge in [-0.25, -0.2) is 9.78 Å². The highest BCUT2D eigenvalue weighted by atomic mass is 79.9. The van der Waals surface area contributed by atoms with Gasteiger partial charge in [0.2, 0.25) is 0 Å². The van der Waals surface area contributed by atoms with Crippen LogP contribution in [0.3, 0.4) is 0 Å². The van der Waals surface area contributed by atoms with E-state index in [1.807, 2.05) is 11.4 Å². The summed E-state index contributed by atoms with van der Waals surface area (Å²) in [5, 5.41) is 10.9. The molecule has 0 aliphatic heterocycles. The third-order valence-corrected chi connectivity index (χ3v) is 3.64. The summed E-state index contributed by atoms with van der Waals surface area (Å²) < 4.78 is 2.44. The Morgan fingerprint density at radius 3 is 2.93 bits per heavy atom. The number of thiophene rings is 1. The molecule has 0 spiro atoms. The molecular weight excluding hydrogens is 280 g/mol. The monoisotopic (exact) mass is 286 g/mol. The van der Waals surface area contributed by atoms with Crippen molar-refractivity contribution < 1.29 is 9.90 Å². The van der Waals surface area contributed by atoms with Gasteiger partial charge in [0.15, 0.2) is 5.69 Å². The number of carboxylic acid groups (broad SMARTS) is 1. The molecule has 1 N–H and O–H groups in total. The van der Waals surface area contributed by atoms with Crippen molar-refractivity contribution >= 4 is 33.2 Å². The van der Waals surface area contributed by atoms with Gasteiger partial charge in [-0.1, -0.05) is 0 Å². The molecule has 0 fully saturated rings. The Kier molecular flexibility index (Phi) is 2.62. The quantitative estimate of drug-likeness (QED) is 0.923. The number of aromatic carboxylic acids is 1. The van der Waals surface area contributed by atoms with Crippen LogP contribution in [0.2, 0.25) is 0 Å². The molecule has 2 rings (SSSR count). The third-order valence-electron chi connectivity index (χ3n) is 1.94. The second-order valence-electron chi connectivity index (χ2n) is 2.99. The lowest BCUT2D eigenvalue weighted by Gasteiger charge is -1.97. The smallest absolute Gasteiger partial charge is 0.354 e. The lowest BCUT2D eigenvalue weighted by molar-refractivity contribution is 0.0687. The number of imidazole rings is 1. The van der Waals surface area contributed by atoms with Crippen LogP contribution in [0.25, 0.3) is 10.6 Å². The molecule has 4 nitrogen and oxygen atoms in total. The summed E-state index contributed by atoms with van der Waals surface area (Å²) in [5.74, 6) is -0.963. The average Bonchev–Trinajstić information content (AvgIpc) is 2.71. The molecule has 0 atom stereocenters. The van der Waals surface area contributed by atoms with Crippen LogP contribution < -0.4 is 0 Å². The Morgan fingerprint density at radius 2 is 2.40 bits per heavy atom. The fourth-order valence-corrected chi connectivity index (χ4v) is 2.72. The first-order valence-electron chi connectivity index (χ1n) is 4.08. The predicted octanol–water partition coefficient (Wildman–Crippen LogP) is 2.61. The van der Waals surface area contributed by atoms with Crippen LogP contribution in [0.4, 0.5) is 0 Å². The lowest BCUT2D eigenvalue weighted by atomic mass is 10.3. The summed E-state index contributed by atoms with van der Waals surface area (Å²) in [6, 6.07) is 1.86. The summed E-state index contributed by atoms with van der Waals surface area (Å²) in [5.41, 5.74) is 0.727. The van der Waals surface area contributed by atoms with E-state index < -0.39 is 5.97 Å². The highest BCUT2D eigenvalue weighted by Gasteiger charge is 2.18. The zero-order chi connectivity index (χ0) is 11.0. The molecule has 2 aromatic heterocycles. The van der Waals surface area contributed by atoms with Gasteiger partial charge >= 0.3 is 5.97 Å². The fourth-order valence-electron chi connectivity index (χ4n) is 1.30. The Morgan fingerprint density at radius 1 is 1.67 bits per heavy atom. The molecule has 0 saturated carbocycles. The number of halogens is 1. The number of hydrogen-bond acceptors (Lipinski definition) is 3. The Balaban J connectivity index is 2.58. The highest BCUT2D eigenvalue weighted by molar-refractivity contribution is 9.10. The number of aromatic nitrogens is 2. The van der Waals surface area contributed by atoms with E-state index in [9.17, 15) is 4.79 Å². The van der Waals surface area contributed by atoms with Gasteiger partial charge in [0.05, 0.1) is 11.2 Å². The minimum atomic E-state index is -0.963. The molecule has 0 aromatic carbocycles. The van der Waals surface area contributed by atoms with Crippen molar-refractivity contribution in [3.63, 3.8) is 0 Å². The van der Waals surface area contributed by atoms with E-state index in [0.717, 1.165) is 9.35 Å². The number of carboxylic acids is 1. The number of nitrogens with zero attached hydrogens (tertiary/aromatic N) is 2. The van der Waals surface area contributed by atoms with Crippen LogP contribution >= 0.6 is 27.3 Å². The van der Waals surface area contributed by atoms with Crippen molar-refractivity contribution in [2.75, 3.05) is 0 Å². The van der Waals surface area contributed by atoms with Crippen LogP contribution in [-0.2, 0) is 7.05 Å². The molecule has 0 aliphatic rings. The van der Waals surface area contributed by atoms with E-state index in [0.29, 0.717) is 5.69 Å². The van der Waals surface area contributed by atoms with E-state index in [4.69, 9.17) is 5.11 Å². The normalized spacial score (nSPS) is 10.5. The molecule has 2 heterocycles. The van der Waals surface area contributed by atoms with Gasteiger partial charge in [-0.15, -0.1) is 11.3 Å². The number of carbonyl (C=O) groups is 1. The first kappa shape index (κ1) is 10.4. The van der Waals surface area contributed by atoms with E-state index in [1.165, 1.54) is 22.2 Å². The molecular formula is C9H7BrN2O2S. The molecule has 78 valence electrons. The van der Waals surface area contributed by atoms with Crippen molar-refractivity contribution in [2.45, 2.75) is 0 Å². The van der Waals surface area contributed by atoms with E-state index in [1.54, 1.807) is 7.05 Å². The maximum atomic E-state index is 11.0. The van der Waals surface area contributed by atoms with Gasteiger partial charge in [-0.05, 0) is 22.0 Å². The molecule has 15 heavy (non-hydrogen) atoms. The van der Waals surface area contributed by atoms with E-state index in [2.05, 4.69) is 20.9 Å². The first-order valence-corrected chi connectivity index (χ1v) is 5.76.